The van der Waals surface area contributed by atoms with E-state index in [1.807, 2.05) is 18.2 Å². The molecule has 0 fully saturated rings. The van der Waals surface area contributed by atoms with E-state index in [4.69, 9.17) is 0 Å². The number of nitrogens with one attached hydrogen (secondary N) is 1. The molecule has 1 heterocycles. The van der Waals surface area contributed by atoms with Crippen molar-refractivity contribution in [3.63, 3.8) is 0 Å². The molecule has 1 aromatic heterocycles. The Hall–Kier alpha value is -1.73. The molecule has 0 saturated carbocycles. The summed E-state index contributed by atoms with van der Waals surface area (Å²) in [5.41, 5.74) is -0.0680. The standard InChI is InChI=1S/C15H13FN2O3SSe/c16-11-5-7-12(8-6-11)22(20,21)17-9-10-18-15(19)13-3-1-2-4-14(13)23-18/h1-8,17H,9-10H2. The van der Waals surface area contributed by atoms with Gasteiger partial charge in [-0.25, -0.2) is 0 Å². The fourth-order valence-corrected chi connectivity index (χ4v) is 5.25. The predicted octanol–water partition coefficient (Wildman–Crippen LogP) is 1.18. The van der Waals surface area contributed by atoms with Gasteiger partial charge in [0, 0.05) is 0 Å². The van der Waals surface area contributed by atoms with E-state index in [1.54, 1.807) is 9.63 Å². The minimum atomic E-state index is -3.70. The van der Waals surface area contributed by atoms with Gasteiger partial charge in [-0.05, 0) is 0 Å². The summed E-state index contributed by atoms with van der Waals surface area (Å²) in [5, 5.41) is 0.689. The second-order valence-electron chi connectivity index (χ2n) is 4.85. The molecule has 0 aliphatic heterocycles. The number of benzene rings is 2. The molecule has 0 unspecified atom stereocenters. The minimum absolute atomic E-state index is 0.000412. The first-order valence-corrected chi connectivity index (χ1v) is 9.92. The van der Waals surface area contributed by atoms with E-state index in [9.17, 15) is 17.6 Å². The van der Waals surface area contributed by atoms with Crippen LogP contribution in [0.4, 0.5) is 4.39 Å². The molecule has 0 atom stereocenters. The predicted molar refractivity (Wildman–Crippen MR) is 86.7 cm³/mol. The summed E-state index contributed by atoms with van der Waals surface area (Å²) in [4.78, 5) is 12.2. The van der Waals surface area contributed by atoms with E-state index in [2.05, 4.69) is 4.72 Å². The van der Waals surface area contributed by atoms with Crippen LogP contribution in [-0.2, 0) is 16.6 Å². The number of fused-ring (bicyclic) bond motifs is 1. The molecule has 0 bridgehead atoms. The molecule has 3 aromatic rings. The normalized spacial score (nSPS) is 11.9. The Labute approximate surface area is 138 Å². The van der Waals surface area contributed by atoms with Gasteiger partial charge in [0.15, 0.2) is 0 Å². The average Bonchev–Trinajstić information content (AvgIpc) is 2.84. The third-order valence-electron chi connectivity index (χ3n) is 3.28. The van der Waals surface area contributed by atoms with Crippen molar-refractivity contribution in [2.75, 3.05) is 6.54 Å². The van der Waals surface area contributed by atoms with Crippen LogP contribution in [0.15, 0.2) is 58.2 Å². The van der Waals surface area contributed by atoms with E-state index >= 15 is 0 Å². The number of nitrogens with zero attached hydrogens (tertiary/aromatic N) is 1. The van der Waals surface area contributed by atoms with E-state index < -0.39 is 15.8 Å². The van der Waals surface area contributed by atoms with Gasteiger partial charge < -0.3 is 0 Å². The van der Waals surface area contributed by atoms with Crippen molar-refractivity contribution in [1.29, 1.82) is 0 Å². The molecule has 0 spiro atoms. The second kappa shape index (κ2) is 6.41. The van der Waals surface area contributed by atoms with Gasteiger partial charge in [-0.1, -0.05) is 0 Å². The van der Waals surface area contributed by atoms with E-state index in [1.165, 1.54) is 12.1 Å². The summed E-state index contributed by atoms with van der Waals surface area (Å²) in [5.74, 6) is -0.493. The number of hydrogen-bond donors (Lipinski definition) is 1. The quantitative estimate of drug-likeness (QED) is 0.656. The van der Waals surface area contributed by atoms with Gasteiger partial charge >= 0.3 is 138 Å². The van der Waals surface area contributed by atoms with Crippen LogP contribution in [0.25, 0.3) is 9.65 Å². The molecule has 0 aliphatic rings. The van der Waals surface area contributed by atoms with Crippen LogP contribution in [0, 0.1) is 5.82 Å². The van der Waals surface area contributed by atoms with Crippen molar-refractivity contribution < 1.29 is 12.8 Å². The third-order valence-corrected chi connectivity index (χ3v) is 7.11. The van der Waals surface area contributed by atoms with Gasteiger partial charge in [0.05, 0.1) is 0 Å². The van der Waals surface area contributed by atoms with Gasteiger partial charge in [0.2, 0.25) is 0 Å². The molecule has 23 heavy (non-hydrogen) atoms. The van der Waals surface area contributed by atoms with Crippen LogP contribution in [0.5, 0.6) is 0 Å². The zero-order chi connectivity index (χ0) is 16.4. The molecule has 8 heteroatoms. The second-order valence-corrected chi connectivity index (χ2v) is 8.84. The molecule has 120 valence electrons. The summed E-state index contributed by atoms with van der Waals surface area (Å²) in [7, 11) is -3.70. The first-order chi connectivity index (χ1) is 11.0. The number of halogens is 1. The SMILES string of the molecule is O=c1c2ccccc2[se]n1CCNS(=O)(=O)c1ccc(F)cc1. The van der Waals surface area contributed by atoms with Crippen LogP contribution in [0.2, 0.25) is 0 Å². The topological polar surface area (TPSA) is 68.2 Å². The van der Waals surface area contributed by atoms with Crippen molar-refractivity contribution in [3.05, 3.63) is 64.7 Å². The van der Waals surface area contributed by atoms with Crippen LogP contribution < -0.4 is 10.3 Å². The van der Waals surface area contributed by atoms with Crippen LogP contribution >= 0.6 is 0 Å². The fourth-order valence-electron chi connectivity index (χ4n) is 2.14. The Balaban J connectivity index is 1.72. The molecule has 5 nitrogen and oxygen atoms in total. The van der Waals surface area contributed by atoms with Crippen molar-refractivity contribution in [3.8, 4) is 0 Å². The first-order valence-electron chi connectivity index (χ1n) is 6.81. The Morgan fingerprint density at radius 3 is 2.48 bits per heavy atom. The molecule has 0 aliphatic carbocycles. The van der Waals surface area contributed by atoms with E-state index in [0.29, 0.717) is 11.9 Å². The van der Waals surface area contributed by atoms with Crippen LogP contribution in [0.1, 0.15) is 0 Å². The summed E-state index contributed by atoms with van der Waals surface area (Å²) in [6.45, 7) is 0.412. The van der Waals surface area contributed by atoms with Gasteiger partial charge in [-0.2, -0.15) is 0 Å². The number of rotatable bonds is 5. The summed E-state index contributed by atoms with van der Waals surface area (Å²) < 4.78 is 42.1. The molecule has 0 amide bonds. The molecule has 1 N–H and O–H groups in total. The number of hydrogen-bond acceptors (Lipinski definition) is 3. The Kier molecular flexibility index (Phi) is 4.50. The third kappa shape index (κ3) is 3.45. The van der Waals surface area contributed by atoms with Gasteiger partial charge in [0.25, 0.3) is 0 Å². The van der Waals surface area contributed by atoms with Gasteiger partial charge in [-0.15, -0.1) is 0 Å². The van der Waals surface area contributed by atoms with E-state index in [-0.39, 0.29) is 31.7 Å². The summed E-state index contributed by atoms with van der Waals surface area (Å²) >= 11 is -0.130. The molecular weight excluding hydrogens is 386 g/mol. The Bertz CT molecular complexity index is 993. The Morgan fingerprint density at radius 2 is 1.78 bits per heavy atom. The van der Waals surface area contributed by atoms with Crippen molar-refractivity contribution >= 4 is 34.4 Å². The summed E-state index contributed by atoms with van der Waals surface area (Å²) in [6.07, 6.45) is 0. The van der Waals surface area contributed by atoms with Crippen LogP contribution in [-0.4, -0.2) is 33.3 Å². The zero-order valence-corrected chi connectivity index (χ0v) is 14.4. The maximum atomic E-state index is 12.8. The van der Waals surface area contributed by atoms with E-state index in [0.717, 1.165) is 16.4 Å². The van der Waals surface area contributed by atoms with Gasteiger partial charge in [0.1, 0.15) is 0 Å². The van der Waals surface area contributed by atoms with Crippen molar-refractivity contribution in [2.45, 2.75) is 11.4 Å². The summed E-state index contributed by atoms with van der Waals surface area (Å²) in [6, 6.07) is 12.0. The molecule has 2 aromatic carbocycles. The van der Waals surface area contributed by atoms with Crippen molar-refractivity contribution in [2.24, 2.45) is 0 Å². The first kappa shape index (κ1) is 16.1. The number of sulfonamides is 1. The molecular formula is C15H13FN2O3SSe. The number of aromatic nitrogens is 1. The Morgan fingerprint density at radius 1 is 1.09 bits per heavy atom. The molecule has 3 rings (SSSR count). The monoisotopic (exact) mass is 400 g/mol. The van der Waals surface area contributed by atoms with Crippen molar-refractivity contribution in [1.82, 2.24) is 8.28 Å². The van der Waals surface area contributed by atoms with Gasteiger partial charge in [-0.3, -0.25) is 0 Å². The molecule has 0 radical (unpaired) electrons. The fraction of sp³-hybridized carbons (Fsp3) is 0.133. The van der Waals surface area contributed by atoms with Crippen LogP contribution in [0.3, 0.4) is 0 Å². The average molecular weight is 399 g/mol. The zero-order valence-electron chi connectivity index (χ0n) is 11.9. The molecule has 0 saturated heterocycles. The maximum absolute atomic E-state index is 12.8.